The molecular weight excluding hydrogens is 378 g/mol. The molecule has 3 aliphatic rings. The van der Waals surface area contributed by atoms with E-state index in [1.165, 1.54) is 23.1 Å². The summed E-state index contributed by atoms with van der Waals surface area (Å²) >= 11 is 0. The zero-order valence-electron chi connectivity index (χ0n) is 18.4. The molecule has 6 nitrogen and oxygen atoms in total. The highest BCUT2D eigenvalue weighted by Gasteiger charge is 2.48. The topological polar surface area (TPSA) is 57.9 Å². The zero-order chi connectivity index (χ0) is 21.0. The van der Waals surface area contributed by atoms with E-state index in [0.717, 1.165) is 56.6 Å². The molecule has 1 saturated heterocycles. The van der Waals surface area contributed by atoms with Crippen molar-refractivity contribution in [3.05, 3.63) is 29.5 Å². The van der Waals surface area contributed by atoms with Gasteiger partial charge in [-0.25, -0.2) is 0 Å². The number of piperidine rings is 1. The summed E-state index contributed by atoms with van der Waals surface area (Å²) in [5, 5.41) is 11.5. The molecule has 2 aromatic rings. The number of aromatic nitrogens is 1. The van der Waals surface area contributed by atoms with Crippen LogP contribution in [0.5, 0.6) is 5.75 Å². The molecule has 1 aromatic heterocycles. The Labute approximate surface area is 178 Å². The number of amides is 1. The smallest absolute Gasteiger partial charge is 0.225 e. The highest BCUT2D eigenvalue weighted by atomic mass is 16.5. The molecule has 1 amide bonds. The number of aryl methyl sites for hydroxylation is 1. The normalized spacial score (nSPS) is 24.1. The fraction of sp³-hybridized carbons (Fsp3) is 0.625. The van der Waals surface area contributed by atoms with Crippen molar-refractivity contribution in [2.24, 2.45) is 13.0 Å². The summed E-state index contributed by atoms with van der Waals surface area (Å²) in [5.74, 6) is 1.49. The number of carbonyl (C=O) groups excluding carboxylic acids is 1. The third-order valence-electron chi connectivity index (χ3n) is 8.04. The van der Waals surface area contributed by atoms with Gasteiger partial charge in [0.1, 0.15) is 5.75 Å². The third kappa shape index (κ3) is 2.80. The minimum absolute atomic E-state index is 0.0105. The Bertz CT molecular complexity index is 970. The van der Waals surface area contributed by atoms with Gasteiger partial charge < -0.3 is 19.3 Å². The first-order valence-corrected chi connectivity index (χ1v) is 11.3. The third-order valence-corrected chi connectivity index (χ3v) is 8.04. The van der Waals surface area contributed by atoms with Crippen molar-refractivity contribution in [2.75, 3.05) is 40.4 Å². The van der Waals surface area contributed by atoms with E-state index in [1.807, 2.05) is 6.07 Å². The Morgan fingerprint density at radius 2 is 1.97 bits per heavy atom. The van der Waals surface area contributed by atoms with Crippen LogP contribution in [0.2, 0.25) is 0 Å². The van der Waals surface area contributed by atoms with Crippen LogP contribution in [0.15, 0.2) is 18.2 Å². The highest BCUT2D eigenvalue weighted by Crippen LogP contribution is 2.49. The van der Waals surface area contributed by atoms with Crippen molar-refractivity contribution in [3.8, 4) is 5.75 Å². The van der Waals surface area contributed by atoms with Gasteiger partial charge >= 0.3 is 0 Å². The Hall–Kier alpha value is -2.05. The summed E-state index contributed by atoms with van der Waals surface area (Å²) < 4.78 is 7.73. The molecule has 2 aliphatic heterocycles. The number of hydrogen-bond acceptors (Lipinski definition) is 4. The van der Waals surface area contributed by atoms with E-state index < -0.39 is 0 Å². The maximum atomic E-state index is 12.8. The standard InChI is InChI=1S/C24H33N3O3/c1-25-15-24(9-11-27(12-10-24)23(29)16-5-4-6-16)21-18-8-7-17(30-3)13-19(18)26(2)22(21)20(25)14-28/h7-8,13,16,20,28H,4-6,9-12,14-15H2,1-3H3/t20-/m0/s1. The number of benzene rings is 1. The van der Waals surface area contributed by atoms with Crippen molar-refractivity contribution in [2.45, 2.75) is 43.6 Å². The second-order valence-electron chi connectivity index (χ2n) is 9.55. The second-order valence-corrected chi connectivity index (χ2v) is 9.55. The highest BCUT2D eigenvalue weighted by molar-refractivity contribution is 5.89. The van der Waals surface area contributed by atoms with Crippen LogP contribution in [0.25, 0.3) is 10.9 Å². The van der Waals surface area contributed by atoms with Gasteiger partial charge in [-0.3, -0.25) is 9.69 Å². The quantitative estimate of drug-likeness (QED) is 0.844. The molecule has 1 spiro atoms. The lowest BCUT2D eigenvalue weighted by atomic mass is 9.68. The summed E-state index contributed by atoms with van der Waals surface area (Å²) in [4.78, 5) is 17.2. The van der Waals surface area contributed by atoms with Gasteiger partial charge in [0, 0.05) is 55.2 Å². The maximum Gasteiger partial charge on any atom is 0.225 e. The first kappa shape index (κ1) is 19.9. The Balaban J connectivity index is 1.56. The van der Waals surface area contributed by atoms with Gasteiger partial charge in [-0.15, -0.1) is 0 Å². The molecule has 30 heavy (non-hydrogen) atoms. The SMILES string of the molecule is COc1ccc2c3c(n(C)c2c1)[C@H](CO)N(C)CC31CCN(C(=O)C2CCC2)CC1. The number of nitrogens with zero attached hydrogens (tertiary/aromatic N) is 3. The van der Waals surface area contributed by atoms with Crippen LogP contribution in [0.3, 0.4) is 0 Å². The number of carbonyl (C=O) groups is 1. The van der Waals surface area contributed by atoms with Crippen molar-refractivity contribution < 1.29 is 14.6 Å². The summed E-state index contributed by atoms with van der Waals surface area (Å²) in [6.07, 6.45) is 5.29. The average molecular weight is 412 g/mol. The van der Waals surface area contributed by atoms with Gasteiger partial charge in [-0.2, -0.15) is 0 Å². The molecule has 6 heteroatoms. The van der Waals surface area contributed by atoms with E-state index >= 15 is 0 Å². The fourth-order valence-electron chi connectivity index (χ4n) is 6.09. The molecule has 1 aromatic carbocycles. The summed E-state index contributed by atoms with van der Waals surface area (Å²) in [7, 11) is 5.92. The summed E-state index contributed by atoms with van der Waals surface area (Å²) in [6.45, 7) is 2.69. The van der Waals surface area contributed by atoms with Crippen molar-refractivity contribution in [1.29, 1.82) is 0 Å². The van der Waals surface area contributed by atoms with Crippen molar-refractivity contribution in [1.82, 2.24) is 14.4 Å². The molecule has 3 heterocycles. The van der Waals surface area contributed by atoms with Gasteiger partial charge in [0.05, 0.1) is 25.3 Å². The van der Waals surface area contributed by atoms with Crippen LogP contribution < -0.4 is 4.74 Å². The van der Waals surface area contributed by atoms with E-state index in [-0.39, 0.29) is 24.0 Å². The van der Waals surface area contributed by atoms with E-state index in [2.05, 4.69) is 40.6 Å². The van der Waals surface area contributed by atoms with Gasteiger partial charge in [0.25, 0.3) is 0 Å². The molecule has 2 fully saturated rings. The molecule has 1 atom stereocenters. The maximum absolute atomic E-state index is 12.8. The molecule has 0 unspecified atom stereocenters. The predicted molar refractivity (Wildman–Crippen MR) is 117 cm³/mol. The number of rotatable bonds is 3. The number of hydrogen-bond donors (Lipinski definition) is 1. The molecule has 0 bridgehead atoms. The summed E-state index contributed by atoms with van der Waals surface area (Å²) in [6, 6.07) is 6.31. The lowest BCUT2D eigenvalue weighted by Gasteiger charge is -2.50. The minimum atomic E-state index is -0.0105. The molecule has 0 radical (unpaired) electrons. The fourth-order valence-corrected chi connectivity index (χ4v) is 6.09. The van der Waals surface area contributed by atoms with Crippen LogP contribution in [0.1, 0.15) is 49.4 Å². The monoisotopic (exact) mass is 411 g/mol. The van der Waals surface area contributed by atoms with E-state index in [9.17, 15) is 9.90 Å². The number of fused-ring (bicyclic) bond motifs is 4. The summed E-state index contributed by atoms with van der Waals surface area (Å²) in [5.41, 5.74) is 3.77. The minimum Gasteiger partial charge on any atom is -0.497 e. The van der Waals surface area contributed by atoms with Gasteiger partial charge in [-0.1, -0.05) is 6.42 Å². The second kappa shape index (κ2) is 7.27. The van der Waals surface area contributed by atoms with Crippen LogP contribution >= 0.6 is 0 Å². The van der Waals surface area contributed by atoms with E-state index in [4.69, 9.17) is 4.74 Å². The molecule has 5 rings (SSSR count). The molecule has 1 aliphatic carbocycles. The Morgan fingerprint density at radius 3 is 2.57 bits per heavy atom. The van der Waals surface area contributed by atoms with Crippen molar-refractivity contribution in [3.63, 3.8) is 0 Å². The van der Waals surface area contributed by atoms with Crippen LogP contribution in [0, 0.1) is 5.92 Å². The lowest BCUT2D eigenvalue weighted by molar-refractivity contribution is -0.140. The van der Waals surface area contributed by atoms with Crippen LogP contribution in [-0.2, 0) is 17.3 Å². The van der Waals surface area contributed by atoms with Gasteiger partial charge in [0.2, 0.25) is 5.91 Å². The molecule has 1 N–H and O–H groups in total. The van der Waals surface area contributed by atoms with Crippen LogP contribution in [0.4, 0.5) is 0 Å². The van der Waals surface area contributed by atoms with Crippen molar-refractivity contribution >= 4 is 16.8 Å². The average Bonchev–Trinajstić information content (AvgIpc) is 3.00. The first-order chi connectivity index (χ1) is 14.5. The number of ether oxygens (including phenoxy) is 1. The number of likely N-dealkylation sites (tertiary alicyclic amines) is 1. The first-order valence-electron chi connectivity index (χ1n) is 11.3. The Kier molecular flexibility index (Phi) is 4.82. The number of aliphatic hydroxyl groups is 1. The molecule has 1 saturated carbocycles. The Morgan fingerprint density at radius 1 is 1.23 bits per heavy atom. The molecular formula is C24H33N3O3. The predicted octanol–water partition coefficient (Wildman–Crippen LogP) is 2.83. The van der Waals surface area contributed by atoms with E-state index in [1.54, 1.807) is 7.11 Å². The van der Waals surface area contributed by atoms with E-state index in [0.29, 0.717) is 5.91 Å². The zero-order valence-corrected chi connectivity index (χ0v) is 18.4. The number of methoxy groups -OCH3 is 1. The largest absolute Gasteiger partial charge is 0.497 e. The molecule has 162 valence electrons. The van der Waals surface area contributed by atoms with Gasteiger partial charge in [-0.05, 0) is 50.4 Å². The van der Waals surface area contributed by atoms with Gasteiger partial charge in [0.15, 0.2) is 0 Å². The number of likely N-dealkylation sites (N-methyl/N-ethyl adjacent to an activating group) is 1. The number of aliphatic hydroxyl groups excluding tert-OH is 1. The lowest BCUT2D eigenvalue weighted by Crippen LogP contribution is -2.54. The van der Waals surface area contributed by atoms with Crippen LogP contribution in [-0.4, -0.2) is 65.8 Å².